The molecule has 0 aliphatic carbocycles. The van der Waals surface area contributed by atoms with Crippen LogP contribution in [0.25, 0.3) is 0 Å². The van der Waals surface area contributed by atoms with Crippen molar-refractivity contribution in [2.24, 2.45) is 0 Å². The number of unbranched alkanes of at least 4 members (excludes halogenated alkanes) is 16. The number of nitrogens with zero attached hydrogens (tertiary/aromatic N) is 1. The summed E-state index contributed by atoms with van der Waals surface area (Å²) in [6, 6.07) is 0. The van der Waals surface area contributed by atoms with Gasteiger partial charge < -0.3 is 13.9 Å². The zero-order valence-corrected chi connectivity index (χ0v) is 23.1. The molecular weight excluding hydrogens is 417 g/mol. The highest BCUT2D eigenvalue weighted by Gasteiger charge is 2.41. The van der Waals surface area contributed by atoms with Gasteiger partial charge in [-0.25, -0.2) is 0 Å². The molecule has 0 amide bonds. The van der Waals surface area contributed by atoms with Gasteiger partial charge >= 0.3 is 7.60 Å². The summed E-state index contributed by atoms with van der Waals surface area (Å²) in [6.07, 6.45) is 25.9. The Hall–Kier alpha value is -0.150. The number of hydrogen-bond acceptors (Lipinski definition) is 2. The molecule has 32 heavy (non-hydrogen) atoms. The van der Waals surface area contributed by atoms with Crippen LogP contribution in [0.2, 0.25) is 0 Å². The molecule has 0 rings (SSSR count). The predicted octanol–water partition coefficient (Wildman–Crippen LogP) is 8.84. The molecule has 0 fully saturated rings. The number of allylic oxidation sites excluding steroid dienone is 1. The largest absolute Gasteiger partial charge is 0.385 e. The van der Waals surface area contributed by atoms with Gasteiger partial charge in [-0.15, -0.1) is 6.58 Å². The molecule has 5 heteroatoms. The van der Waals surface area contributed by atoms with Crippen molar-refractivity contribution in [3.63, 3.8) is 0 Å². The average molecular weight is 475 g/mol. The molecule has 2 unspecified atom stereocenters. The lowest BCUT2D eigenvalue weighted by molar-refractivity contribution is -0.883. The van der Waals surface area contributed by atoms with E-state index in [1.165, 1.54) is 96.3 Å². The standard InChI is InChI=1S/C27H56NO3P/c1-6-8-9-10-11-12-13-14-15-16-17-18-19-20-21-22-23-24-26-31-32(29,30)27(25-7-2)28(3,4)5/h6,27H,1,7-26H2,2-5H3/p+1. The Balaban J connectivity index is 3.47. The monoisotopic (exact) mass is 474 g/mol. The maximum atomic E-state index is 12.6. The SMILES string of the molecule is C=CCCCCCCCCCCCCCCCCCCOP(=O)(O)C(CCC)[N+](C)(C)C. The smallest absolute Gasteiger partial charge is 0.320 e. The first-order valence-electron chi connectivity index (χ1n) is 13.6. The zero-order chi connectivity index (χ0) is 24.1. The lowest BCUT2D eigenvalue weighted by atomic mass is 10.0. The Morgan fingerprint density at radius 2 is 1.16 bits per heavy atom. The van der Waals surface area contributed by atoms with Crippen molar-refractivity contribution in [1.29, 1.82) is 0 Å². The normalized spacial score (nSPS) is 14.9. The molecule has 192 valence electrons. The first kappa shape index (κ1) is 31.9. The fourth-order valence-electron chi connectivity index (χ4n) is 4.39. The van der Waals surface area contributed by atoms with Crippen molar-refractivity contribution in [3.8, 4) is 0 Å². The van der Waals surface area contributed by atoms with Crippen LogP contribution in [-0.2, 0) is 9.09 Å². The highest BCUT2D eigenvalue weighted by atomic mass is 31.2. The third-order valence-electron chi connectivity index (χ3n) is 6.40. The Bertz CT molecular complexity index is 476. The number of hydrogen-bond donors (Lipinski definition) is 1. The second-order valence-electron chi connectivity index (χ2n) is 10.5. The van der Waals surface area contributed by atoms with E-state index in [0.29, 0.717) is 17.5 Å². The van der Waals surface area contributed by atoms with Crippen molar-refractivity contribution >= 4 is 7.60 Å². The lowest BCUT2D eigenvalue weighted by Crippen LogP contribution is -2.45. The molecule has 2 atom stereocenters. The molecule has 0 spiro atoms. The first-order chi connectivity index (χ1) is 15.3. The Morgan fingerprint density at radius 1 is 0.781 bits per heavy atom. The van der Waals surface area contributed by atoms with E-state index in [-0.39, 0.29) is 5.78 Å². The Morgan fingerprint density at radius 3 is 1.50 bits per heavy atom. The second-order valence-corrected chi connectivity index (χ2v) is 12.5. The number of quaternary nitrogens is 1. The Labute approximate surface area is 201 Å². The summed E-state index contributed by atoms with van der Waals surface area (Å²) >= 11 is 0. The van der Waals surface area contributed by atoms with Crippen molar-refractivity contribution in [3.05, 3.63) is 12.7 Å². The van der Waals surface area contributed by atoms with Crippen LogP contribution >= 0.6 is 7.60 Å². The second kappa shape index (κ2) is 20.2. The molecule has 4 nitrogen and oxygen atoms in total. The van der Waals surface area contributed by atoms with E-state index in [2.05, 4.69) is 13.5 Å². The summed E-state index contributed by atoms with van der Waals surface area (Å²) in [4.78, 5) is 10.4. The van der Waals surface area contributed by atoms with Gasteiger partial charge in [0.05, 0.1) is 27.7 Å². The average Bonchev–Trinajstić information content (AvgIpc) is 2.72. The van der Waals surface area contributed by atoms with Gasteiger partial charge in [-0.05, 0) is 25.7 Å². The Kier molecular flexibility index (Phi) is 20.1. The van der Waals surface area contributed by atoms with Gasteiger partial charge in [0.1, 0.15) is 0 Å². The van der Waals surface area contributed by atoms with Gasteiger partial charge in [0, 0.05) is 6.42 Å². The fraction of sp³-hybridized carbons (Fsp3) is 0.926. The van der Waals surface area contributed by atoms with Crippen LogP contribution < -0.4 is 0 Å². The summed E-state index contributed by atoms with van der Waals surface area (Å²) in [5, 5.41) is 0. The molecule has 1 N–H and O–H groups in total. The van der Waals surface area contributed by atoms with E-state index < -0.39 is 7.60 Å². The minimum atomic E-state index is -3.56. The quantitative estimate of drug-likeness (QED) is 0.0657. The molecule has 0 heterocycles. The van der Waals surface area contributed by atoms with E-state index in [9.17, 15) is 9.46 Å². The van der Waals surface area contributed by atoms with Crippen molar-refractivity contribution < 1.29 is 18.5 Å². The van der Waals surface area contributed by atoms with E-state index >= 15 is 0 Å². The molecule has 0 saturated heterocycles. The molecule has 0 aromatic rings. The van der Waals surface area contributed by atoms with Crippen LogP contribution in [0.15, 0.2) is 12.7 Å². The van der Waals surface area contributed by atoms with Gasteiger partial charge in [0.2, 0.25) is 0 Å². The third kappa shape index (κ3) is 18.3. The van der Waals surface area contributed by atoms with E-state index in [0.717, 1.165) is 19.3 Å². The van der Waals surface area contributed by atoms with Gasteiger partial charge in [0.15, 0.2) is 5.78 Å². The maximum Gasteiger partial charge on any atom is 0.385 e. The van der Waals surface area contributed by atoms with Crippen LogP contribution in [0, 0.1) is 0 Å². The summed E-state index contributed by atoms with van der Waals surface area (Å²) < 4.78 is 18.6. The third-order valence-corrected chi connectivity index (χ3v) is 8.65. The first-order valence-corrected chi connectivity index (χ1v) is 15.3. The molecule has 0 saturated carbocycles. The molecule has 0 aromatic carbocycles. The summed E-state index contributed by atoms with van der Waals surface area (Å²) in [6.45, 7) is 6.24. The minimum absolute atomic E-state index is 0.333. The maximum absolute atomic E-state index is 12.6. The molecule has 0 aliphatic heterocycles. The lowest BCUT2D eigenvalue weighted by Gasteiger charge is -2.35. The van der Waals surface area contributed by atoms with Crippen LogP contribution in [0.5, 0.6) is 0 Å². The predicted molar refractivity (Wildman–Crippen MR) is 141 cm³/mol. The molecule has 0 aromatic heterocycles. The fourth-order valence-corrected chi connectivity index (χ4v) is 6.42. The highest BCUT2D eigenvalue weighted by molar-refractivity contribution is 7.53. The van der Waals surface area contributed by atoms with Crippen LogP contribution in [0.1, 0.15) is 129 Å². The minimum Gasteiger partial charge on any atom is -0.320 e. The summed E-state index contributed by atoms with van der Waals surface area (Å²) in [5.41, 5.74) is 0. The van der Waals surface area contributed by atoms with E-state index in [4.69, 9.17) is 4.52 Å². The van der Waals surface area contributed by atoms with Gasteiger partial charge in [0.25, 0.3) is 0 Å². The van der Waals surface area contributed by atoms with Crippen molar-refractivity contribution in [2.45, 2.75) is 135 Å². The number of rotatable bonds is 24. The molecule has 0 radical (unpaired) electrons. The molecule has 0 aliphatic rings. The molecule has 0 bridgehead atoms. The van der Waals surface area contributed by atoms with Crippen molar-refractivity contribution in [1.82, 2.24) is 0 Å². The summed E-state index contributed by atoms with van der Waals surface area (Å²) in [5.74, 6) is -0.333. The topological polar surface area (TPSA) is 46.5 Å². The van der Waals surface area contributed by atoms with E-state index in [1.807, 2.05) is 27.2 Å². The summed E-state index contributed by atoms with van der Waals surface area (Å²) in [7, 11) is 2.35. The highest BCUT2D eigenvalue weighted by Crippen LogP contribution is 2.51. The van der Waals surface area contributed by atoms with Gasteiger partial charge in [-0.3, -0.25) is 4.57 Å². The molecular formula is C27H57NO3P+. The van der Waals surface area contributed by atoms with Gasteiger partial charge in [-0.2, -0.15) is 0 Å². The van der Waals surface area contributed by atoms with Crippen LogP contribution in [0.3, 0.4) is 0 Å². The van der Waals surface area contributed by atoms with E-state index in [1.54, 1.807) is 0 Å². The van der Waals surface area contributed by atoms with Crippen molar-refractivity contribution in [2.75, 3.05) is 27.7 Å². The zero-order valence-electron chi connectivity index (χ0n) is 22.2. The van der Waals surface area contributed by atoms with Crippen LogP contribution in [0.4, 0.5) is 0 Å². The van der Waals surface area contributed by atoms with Gasteiger partial charge in [-0.1, -0.05) is 103 Å². The van der Waals surface area contributed by atoms with Crippen LogP contribution in [-0.4, -0.2) is 42.9 Å².